The summed E-state index contributed by atoms with van der Waals surface area (Å²) in [5.41, 5.74) is -0.389. The Hall–Kier alpha value is -1.85. The Balaban J connectivity index is 2.31. The largest absolute Gasteiger partial charge is 0.338 e. The normalized spacial score (nSPS) is 9.81. The lowest BCUT2D eigenvalue weighted by molar-refractivity contribution is 0.251. The van der Waals surface area contributed by atoms with Crippen LogP contribution in [0.4, 0.5) is 10.7 Å². The van der Waals surface area contributed by atoms with Gasteiger partial charge in [-0.2, -0.15) is 4.98 Å². The average Bonchev–Trinajstić information content (AvgIpc) is 2.24. The van der Waals surface area contributed by atoms with Crippen molar-refractivity contribution in [1.29, 1.82) is 0 Å². The van der Waals surface area contributed by atoms with Crippen LogP contribution in [0, 0.1) is 0 Å². The minimum atomic E-state index is -0.389. The number of carbonyl (C=O) groups excluding carboxylic acids is 1. The van der Waals surface area contributed by atoms with E-state index in [1.165, 1.54) is 12.3 Å². The first-order chi connectivity index (χ1) is 7.72. The van der Waals surface area contributed by atoms with Gasteiger partial charge >= 0.3 is 6.03 Å². The summed E-state index contributed by atoms with van der Waals surface area (Å²) < 4.78 is 0. The lowest BCUT2D eigenvalue weighted by atomic mass is 10.2. The second-order valence-corrected chi connectivity index (χ2v) is 3.36. The van der Waals surface area contributed by atoms with Crippen LogP contribution in [0.3, 0.4) is 0 Å². The van der Waals surface area contributed by atoms with Crippen LogP contribution < -0.4 is 16.2 Å². The zero-order valence-corrected chi connectivity index (χ0v) is 9.25. The maximum atomic E-state index is 11.3. The van der Waals surface area contributed by atoms with Gasteiger partial charge in [0.25, 0.3) is 5.56 Å². The molecule has 0 aliphatic carbocycles. The highest BCUT2D eigenvalue weighted by molar-refractivity contribution is 5.87. The molecule has 16 heavy (non-hydrogen) atoms. The molecule has 0 aliphatic heterocycles. The fraction of sp³-hybridized carbons (Fsp3) is 0.500. The smallest absolute Gasteiger partial charge is 0.321 e. The Kier molecular flexibility index (Phi) is 5.04. The highest BCUT2D eigenvalue weighted by atomic mass is 16.2. The molecule has 0 radical (unpaired) electrons. The van der Waals surface area contributed by atoms with Gasteiger partial charge in [-0.15, -0.1) is 0 Å². The van der Waals surface area contributed by atoms with Crippen LogP contribution in [0.5, 0.6) is 0 Å². The number of carbonyl (C=O) groups is 1. The number of H-pyrrole nitrogens is 1. The first-order valence-electron chi connectivity index (χ1n) is 5.33. The summed E-state index contributed by atoms with van der Waals surface area (Å²) in [6.45, 7) is 2.72. The van der Waals surface area contributed by atoms with Gasteiger partial charge in [-0.1, -0.05) is 19.8 Å². The summed E-state index contributed by atoms with van der Waals surface area (Å²) >= 11 is 0. The third-order valence-electron chi connectivity index (χ3n) is 1.97. The van der Waals surface area contributed by atoms with Crippen LogP contribution in [0.2, 0.25) is 0 Å². The summed E-state index contributed by atoms with van der Waals surface area (Å²) in [4.78, 5) is 28.4. The number of urea groups is 1. The standard InChI is InChI=1S/C10H16N4O2/c1-2-3-4-6-12-10(16)14-9-11-7-5-8(15)13-9/h5,7H,2-4,6H2,1H3,(H3,11,12,13,14,15,16). The molecule has 3 N–H and O–H groups in total. The summed E-state index contributed by atoms with van der Waals surface area (Å²) in [5, 5.41) is 5.12. The van der Waals surface area contributed by atoms with Crippen molar-refractivity contribution in [3.05, 3.63) is 22.6 Å². The third kappa shape index (κ3) is 4.59. The SMILES string of the molecule is CCCCCNC(=O)Nc1nc(=O)cc[nH]1. The molecule has 2 amide bonds. The number of rotatable bonds is 5. The number of hydrogen-bond donors (Lipinski definition) is 3. The molecule has 0 aliphatic rings. The van der Waals surface area contributed by atoms with Crippen LogP contribution >= 0.6 is 0 Å². The van der Waals surface area contributed by atoms with E-state index < -0.39 is 0 Å². The molecule has 1 aromatic rings. The van der Waals surface area contributed by atoms with E-state index in [0.717, 1.165) is 19.3 Å². The maximum Gasteiger partial charge on any atom is 0.321 e. The summed E-state index contributed by atoms with van der Waals surface area (Å²) in [5.74, 6) is 0.153. The number of nitrogens with zero attached hydrogens (tertiary/aromatic N) is 1. The number of aromatic amines is 1. The monoisotopic (exact) mass is 224 g/mol. The molecule has 88 valence electrons. The molecule has 6 nitrogen and oxygen atoms in total. The van der Waals surface area contributed by atoms with E-state index >= 15 is 0 Å². The van der Waals surface area contributed by atoms with Crippen molar-refractivity contribution < 1.29 is 4.79 Å². The molecule has 0 spiro atoms. The van der Waals surface area contributed by atoms with Crippen LogP contribution in [0.1, 0.15) is 26.2 Å². The molecule has 6 heteroatoms. The molecule has 0 aromatic carbocycles. The molecular weight excluding hydrogens is 208 g/mol. The number of hydrogen-bond acceptors (Lipinski definition) is 3. The van der Waals surface area contributed by atoms with Gasteiger partial charge in [-0.25, -0.2) is 4.79 Å². The Bertz CT molecular complexity index is 388. The molecule has 0 fully saturated rings. The van der Waals surface area contributed by atoms with Gasteiger partial charge < -0.3 is 10.3 Å². The van der Waals surface area contributed by atoms with Gasteiger partial charge in [0.2, 0.25) is 5.95 Å². The zero-order chi connectivity index (χ0) is 11.8. The summed E-state index contributed by atoms with van der Waals surface area (Å²) in [6.07, 6.45) is 4.57. The van der Waals surface area contributed by atoms with Crippen molar-refractivity contribution in [3.63, 3.8) is 0 Å². The van der Waals surface area contributed by atoms with Gasteiger partial charge in [0.15, 0.2) is 0 Å². The van der Waals surface area contributed by atoms with Gasteiger partial charge in [0.05, 0.1) is 0 Å². The average molecular weight is 224 g/mol. The van der Waals surface area contributed by atoms with Crippen molar-refractivity contribution in [1.82, 2.24) is 15.3 Å². The quantitative estimate of drug-likeness (QED) is 0.654. The molecule has 0 saturated heterocycles. The van der Waals surface area contributed by atoms with Crippen LogP contribution in [0.15, 0.2) is 17.1 Å². The van der Waals surface area contributed by atoms with E-state index in [-0.39, 0.29) is 17.5 Å². The van der Waals surface area contributed by atoms with E-state index in [1.54, 1.807) is 0 Å². The Morgan fingerprint density at radius 3 is 3.00 bits per heavy atom. The van der Waals surface area contributed by atoms with Gasteiger partial charge in [0.1, 0.15) is 0 Å². The fourth-order valence-electron chi connectivity index (χ4n) is 1.16. The molecule has 1 aromatic heterocycles. The molecule has 0 atom stereocenters. The van der Waals surface area contributed by atoms with E-state index in [4.69, 9.17) is 0 Å². The van der Waals surface area contributed by atoms with Crippen molar-refractivity contribution in [2.24, 2.45) is 0 Å². The molecular formula is C10H16N4O2. The van der Waals surface area contributed by atoms with E-state index in [9.17, 15) is 9.59 Å². The lowest BCUT2D eigenvalue weighted by Crippen LogP contribution is -2.30. The van der Waals surface area contributed by atoms with Crippen molar-refractivity contribution >= 4 is 12.0 Å². The van der Waals surface area contributed by atoms with Crippen molar-refractivity contribution in [3.8, 4) is 0 Å². The highest BCUT2D eigenvalue weighted by Gasteiger charge is 2.01. The predicted octanol–water partition coefficient (Wildman–Crippen LogP) is 1.08. The number of amides is 2. The maximum absolute atomic E-state index is 11.3. The van der Waals surface area contributed by atoms with Crippen LogP contribution in [-0.4, -0.2) is 22.5 Å². The minimum Gasteiger partial charge on any atom is -0.338 e. The van der Waals surface area contributed by atoms with Crippen LogP contribution in [-0.2, 0) is 0 Å². The molecule has 0 bridgehead atoms. The molecule has 0 unspecified atom stereocenters. The van der Waals surface area contributed by atoms with Crippen molar-refractivity contribution in [2.45, 2.75) is 26.2 Å². The first-order valence-corrected chi connectivity index (χ1v) is 5.33. The third-order valence-corrected chi connectivity index (χ3v) is 1.97. The van der Waals surface area contributed by atoms with E-state index in [1.807, 2.05) is 0 Å². The number of aromatic nitrogens is 2. The number of anilines is 1. The van der Waals surface area contributed by atoms with Gasteiger partial charge in [0, 0.05) is 18.8 Å². The minimum absolute atomic E-state index is 0.153. The van der Waals surface area contributed by atoms with Gasteiger partial charge in [-0.3, -0.25) is 10.1 Å². The Morgan fingerprint density at radius 2 is 2.31 bits per heavy atom. The summed E-state index contributed by atoms with van der Waals surface area (Å²) in [7, 11) is 0. The second-order valence-electron chi connectivity index (χ2n) is 3.36. The predicted molar refractivity (Wildman–Crippen MR) is 61.4 cm³/mol. The van der Waals surface area contributed by atoms with Crippen molar-refractivity contribution in [2.75, 3.05) is 11.9 Å². The molecule has 1 heterocycles. The van der Waals surface area contributed by atoms with E-state index in [0.29, 0.717) is 6.54 Å². The van der Waals surface area contributed by atoms with Crippen LogP contribution in [0.25, 0.3) is 0 Å². The Labute approximate surface area is 93.5 Å². The molecule has 0 saturated carbocycles. The zero-order valence-electron chi connectivity index (χ0n) is 9.25. The highest BCUT2D eigenvalue weighted by Crippen LogP contribution is 1.93. The van der Waals surface area contributed by atoms with Gasteiger partial charge in [-0.05, 0) is 6.42 Å². The van der Waals surface area contributed by atoms with E-state index in [2.05, 4.69) is 27.5 Å². The number of nitrogens with one attached hydrogen (secondary N) is 3. The topological polar surface area (TPSA) is 86.9 Å². The second kappa shape index (κ2) is 6.60. The Morgan fingerprint density at radius 1 is 1.50 bits per heavy atom. The summed E-state index contributed by atoms with van der Waals surface area (Å²) in [6, 6.07) is 0.926. The lowest BCUT2D eigenvalue weighted by Gasteiger charge is -2.05. The fourth-order valence-corrected chi connectivity index (χ4v) is 1.16. The number of unbranched alkanes of at least 4 members (excludes halogenated alkanes) is 2. The first kappa shape index (κ1) is 12.2. The molecule has 1 rings (SSSR count).